The van der Waals surface area contributed by atoms with Crippen molar-refractivity contribution >= 4 is 16.9 Å². The maximum absolute atomic E-state index is 13.1. The average Bonchev–Trinajstić information content (AvgIpc) is 3.46. The number of amides is 1. The Morgan fingerprint density at radius 3 is 2.77 bits per heavy atom. The highest BCUT2D eigenvalue weighted by atomic mass is 16.5. The Hall–Kier alpha value is -2.39. The van der Waals surface area contributed by atoms with Crippen LogP contribution in [0.15, 0.2) is 6.07 Å². The van der Waals surface area contributed by atoms with Gasteiger partial charge in [0.15, 0.2) is 5.65 Å². The zero-order chi connectivity index (χ0) is 18.3. The van der Waals surface area contributed by atoms with Crippen LogP contribution in [0.1, 0.15) is 53.3 Å². The first-order chi connectivity index (χ1) is 12.6. The van der Waals surface area contributed by atoms with Gasteiger partial charge >= 0.3 is 0 Å². The van der Waals surface area contributed by atoms with Crippen LogP contribution in [0, 0.1) is 25.2 Å². The fourth-order valence-electron chi connectivity index (χ4n) is 3.80. The molecule has 0 spiro atoms. The van der Waals surface area contributed by atoms with Gasteiger partial charge in [-0.15, -0.1) is 6.42 Å². The second-order valence-corrected chi connectivity index (χ2v) is 7.34. The molecule has 136 valence electrons. The molecule has 0 bridgehead atoms. The number of carbonyl (C=O) groups excluding carboxylic acids is 1. The van der Waals surface area contributed by atoms with E-state index in [1.54, 1.807) is 4.68 Å². The number of pyridine rings is 1. The van der Waals surface area contributed by atoms with Gasteiger partial charge in [0.25, 0.3) is 5.91 Å². The number of fused-ring (bicyclic) bond motifs is 1. The van der Waals surface area contributed by atoms with Crippen LogP contribution in [0.5, 0.6) is 0 Å². The molecule has 1 saturated heterocycles. The first kappa shape index (κ1) is 17.0. The molecular weight excluding hydrogens is 328 g/mol. The summed E-state index contributed by atoms with van der Waals surface area (Å²) in [5.74, 6) is 3.35. The van der Waals surface area contributed by atoms with E-state index < -0.39 is 0 Å². The minimum atomic E-state index is -0.282. The Morgan fingerprint density at radius 1 is 1.38 bits per heavy atom. The summed E-state index contributed by atoms with van der Waals surface area (Å²) in [5, 5.41) is 8.35. The van der Waals surface area contributed by atoms with Crippen LogP contribution in [-0.2, 0) is 11.8 Å². The van der Waals surface area contributed by atoms with Crippen molar-refractivity contribution in [1.29, 1.82) is 0 Å². The van der Waals surface area contributed by atoms with Crippen molar-refractivity contribution in [3.8, 4) is 12.3 Å². The van der Waals surface area contributed by atoms with Crippen LogP contribution in [0.2, 0.25) is 0 Å². The third-order valence-corrected chi connectivity index (χ3v) is 5.43. The van der Waals surface area contributed by atoms with Gasteiger partial charge in [0.05, 0.1) is 22.7 Å². The van der Waals surface area contributed by atoms with Crippen molar-refractivity contribution in [1.82, 2.24) is 20.1 Å². The molecule has 1 aliphatic heterocycles. The van der Waals surface area contributed by atoms with Crippen LogP contribution in [0.3, 0.4) is 0 Å². The fraction of sp³-hybridized carbons (Fsp3) is 0.550. The smallest absolute Gasteiger partial charge is 0.253 e. The van der Waals surface area contributed by atoms with Gasteiger partial charge in [0, 0.05) is 31.9 Å². The number of nitrogens with one attached hydrogen (secondary N) is 1. The Balaban J connectivity index is 1.68. The minimum absolute atomic E-state index is 0.134. The predicted molar refractivity (Wildman–Crippen MR) is 98.9 cm³/mol. The van der Waals surface area contributed by atoms with E-state index in [1.807, 2.05) is 20.0 Å². The van der Waals surface area contributed by atoms with Gasteiger partial charge in [-0.1, -0.05) is 5.92 Å². The SMILES string of the molecule is C#CC(NC(=O)c1cc(C2CC2)nc2c1c(C)nn2C)C1CCOCC1. The summed E-state index contributed by atoms with van der Waals surface area (Å²) in [6.07, 6.45) is 9.74. The lowest BCUT2D eigenvalue weighted by atomic mass is 9.92. The van der Waals surface area contributed by atoms with Gasteiger partial charge in [-0.3, -0.25) is 9.48 Å². The first-order valence-corrected chi connectivity index (χ1v) is 9.27. The molecule has 4 rings (SSSR count). The summed E-state index contributed by atoms with van der Waals surface area (Å²) < 4.78 is 7.16. The Kier molecular flexibility index (Phi) is 4.41. The standard InChI is InChI=1S/C20H24N4O2/c1-4-16(14-7-9-26-10-8-14)22-20(25)15-11-17(13-5-6-13)21-19-18(15)12(2)23-24(19)3/h1,11,13-14,16H,5-10H2,2-3H3,(H,22,25). The normalized spacial score (nSPS) is 19.3. The monoisotopic (exact) mass is 352 g/mol. The van der Waals surface area contributed by atoms with Gasteiger partial charge < -0.3 is 10.1 Å². The molecule has 1 N–H and O–H groups in total. The van der Waals surface area contributed by atoms with Crippen LogP contribution in [0.25, 0.3) is 11.0 Å². The molecule has 1 unspecified atom stereocenters. The van der Waals surface area contributed by atoms with E-state index in [9.17, 15) is 4.79 Å². The maximum Gasteiger partial charge on any atom is 0.253 e. The van der Waals surface area contributed by atoms with E-state index in [2.05, 4.69) is 16.3 Å². The summed E-state index contributed by atoms with van der Waals surface area (Å²) in [5.41, 5.74) is 3.19. The summed E-state index contributed by atoms with van der Waals surface area (Å²) in [7, 11) is 1.87. The lowest BCUT2D eigenvalue weighted by molar-refractivity contribution is 0.0579. The molecule has 26 heavy (non-hydrogen) atoms. The van der Waals surface area contributed by atoms with Crippen molar-refractivity contribution in [3.63, 3.8) is 0 Å². The molecule has 1 amide bonds. The van der Waals surface area contributed by atoms with Crippen molar-refractivity contribution in [2.45, 2.75) is 44.6 Å². The molecule has 1 saturated carbocycles. The minimum Gasteiger partial charge on any atom is -0.381 e. The zero-order valence-electron chi connectivity index (χ0n) is 15.3. The number of rotatable bonds is 4. The largest absolute Gasteiger partial charge is 0.381 e. The van der Waals surface area contributed by atoms with Crippen molar-refractivity contribution in [3.05, 3.63) is 23.0 Å². The maximum atomic E-state index is 13.1. The van der Waals surface area contributed by atoms with E-state index in [-0.39, 0.29) is 17.9 Å². The van der Waals surface area contributed by atoms with Crippen molar-refractivity contribution in [2.75, 3.05) is 13.2 Å². The number of hydrogen-bond acceptors (Lipinski definition) is 4. The van der Waals surface area contributed by atoms with Gasteiger partial charge in [0.2, 0.25) is 0 Å². The highest BCUT2D eigenvalue weighted by Crippen LogP contribution is 2.40. The third-order valence-electron chi connectivity index (χ3n) is 5.43. The molecule has 0 radical (unpaired) electrons. The average molecular weight is 352 g/mol. The van der Waals surface area contributed by atoms with Crippen molar-refractivity contribution < 1.29 is 9.53 Å². The molecule has 1 atom stereocenters. The van der Waals surface area contributed by atoms with Gasteiger partial charge in [0.1, 0.15) is 0 Å². The third kappa shape index (κ3) is 3.08. The van der Waals surface area contributed by atoms with E-state index in [1.165, 1.54) is 0 Å². The molecule has 1 aliphatic carbocycles. The first-order valence-electron chi connectivity index (χ1n) is 9.27. The van der Waals surface area contributed by atoms with Crippen LogP contribution >= 0.6 is 0 Å². The number of aromatic nitrogens is 3. The van der Waals surface area contributed by atoms with E-state index in [4.69, 9.17) is 16.1 Å². The Labute approximate surface area is 153 Å². The van der Waals surface area contributed by atoms with E-state index in [0.29, 0.717) is 24.7 Å². The van der Waals surface area contributed by atoms with Crippen LogP contribution < -0.4 is 5.32 Å². The van der Waals surface area contributed by atoms with Gasteiger partial charge in [-0.25, -0.2) is 4.98 Å². The molecule has 2 aromatic heterocycles. The van der Waals surface area contributed by atoms with E-state index in [0.717, 1.165) is 48.1 Å². The van der Waals surface area contributed by atoms with Crippen LogP contribution in [0.4, 0.5) is 0 Å². The summed E-state index contributed by atoms with van der Waals surface area (Å²) in [4.78, 5) is 17.9. The topological polar surface area (TPSA) is 69.0 Å². The zero-order valence-corrected chi connectivity index (χ0v) is 15.3. The fourth-order valence-corrected chi connectivity index (χ4v) is 3.80. The molecule has 6 heteroatoms. The lowest BCUT2D eigenvalue weighted by Crippen LogP contribution is -2.41. The summed E-state index contributed by atoms with van der Waals surface area (Å²) >= 11 is 0. The number of carbonyl (C=O) groups is 1. The Bertz CT molecular complexity index is 885. The van der Waals surface area contributed by atoms with Gasteiger partial charge in [-0.2, -0.15) is 5.10 Å². The quantitative estimate of drug-likeness (QED) is 0.858. The molecule has 3 heterocycles. The number of aryl methyl sites for hydroxylation is 2. The second-order valence-electron chi connectivity index (χ2n) is 7.34. The number of terminal acetylenes is 1. The molecular formula is C20H24N4O2. The molecule has 2 aliphatic rings. The number of hydrogen-bond donors (Lipinski definition) is 1. The van der Waals surface area contributed by atoms with Crippen molar-refractivity contribution in [2.24, 2.45) is 13.0 Å². The molecule has 6 nitrogen and oxygen atoms in total. The summed E-state index contributed by atoms with van der Waals surface area (Å²) in [6.45, 7) is 3.31. The molecule has 2 aromatic rings. The predicted octanol–water partition coefficient (Wildman–Crippen LogP) is 2.31. The highest BCUT2D eigenvalue weighted by molar-refractivity contribution is 6.06. The highest BCUT2D eigenvalue weighted by Gasteiger charge is 2.30. The van der Waals surface area contributed by atoms with Crippen LogP contribution in [-0.4, -0.2) is 39.9 Å². The van der Waals surface area contributed by atoms with Gasteiger partial charge in [-0.05, 0) is 44.6 Å². The van der Waals surface area contributed by atoms with E-state index >= 15 is 0 Å². The number of nitrogens with zero attached hydrogens (tertiary/aromatic N) is 3. The second kappa shape index (κ2) is 6.73. The lowest BCUT2D eigenvalue weighted by Gasteiger charge is -2.27. The molecule has 0 aromatic carbocycles. The Morgan fingerprint density at radius 2 is 2.12 bits per heavy atom. The number of ether oxygens (including phenoxy) is 1. The molecule has 2 fully saturated rings. The summed E-state index contributed by atoms with van der Waals surface area (Å²) in [6, 6.07) is 1.65.